The third-order valence-electron chi connectivity index (χ3n) is 6.62. The SMILES string of the molecule is CCCCCn1cnc2sc(C(=O)N3CCN(Cc4ccc5c(c4)OCO5)CC3)c(C)c2c1=O. The fourth-order valence-corrected chi connectivity index (χ4v) is 5.71. The average molecular weight is 483 g/mol. The van der Waals surface area contributed by atoms with Gasteiger partial charge in [0.1, 0.15) is 4.83 Å². The van der Waals surface area contributed by atoms with Crippen molar-refractivity contribution in [3.8, 4) is 11.5 Å². The van der Waals surface area contributed by atoms with Gasteiger partial charge in [-0.25, -0.2) is 4.98 Å². The maximum atomic E-state index is 13.3. The molecule has 2 aliphatic heterocycles. The number of carbonyl (C=O) groups is 1. The number of hydrogen-bond donors (Lipinski definition) is 0. The number of carbonyl (C=O) groups excluding carboxylic acids is 1. The maximum Gasteiger partial charge on any atom is 0.264 e. The number of hydrogen-bond acceptors (Lipinski definition) is 7. The zero-order valence-corrected chi connectivity index (χ0v) is 20.5. The fourth-order valence-electron chi connectivity index (χ4n) is 4.60. The van der Waals surface area contributed by atoms with Gasteiger partial charge >= 0.3 is 0 Å². The zero-order chi connectivity index (χ0) is 23.7. The van der Waals surface area contributed by atoms with Crippen molar-refractivity contribution in [2.45, 2.75) is 46.2 Å². The molecule has 0 unspecified atom stereocenters. The summed E-state index contributed by atoms with van der Waals surface area (Å²) in [5.74, 6) is 1.59. The lowest BCUT2D eigenvalue weighted by atomic mass is 10.1. The Morgan fingerprint density at radius 3 is 2.71 bits per heavy atom. The zero-order valence-electron chi connectivity index (χ0n) is 19.7. The summed E-state index contributed by atoms with van der Waals surface area (Å²) in [4.78, 5) is 36.4. The second-order valence-electron chi connectivity index (χ2n) is 8.94. The third-order valence-corrected chi connectivity index (χ3v) is 7.80. The largest absolute Gasteiger partial charge is 0.454 e. The smallest absolute Gasteiger partial charge is 0.264 e. The molecule has 1 saturated heterocycles. The lowest BCUT2D eigenvalue weighted by Crippen LogP contribution is -2.48. The van der Waals surface area contributed by atoms with E-state index in [-0.39, 0.29) is 18.3 Å². The lowest BCUT2D eigenvalue weighted by molar-refractivity contribution is 0.0632. The number of thiophene rings is 1. The first kappa shape index (κ1) is 22.9. The van der Waals surface area contributed by atoms with Crippen LogP contribution in [0, 0.1) is 6.92 Å². The first-order chi connectivity index (χ1) is 16.5. The number of amides is 1. The molecule has 0 radical (unpaired) electrons. The number of aryl methyl sites for hydroxylation is 2. The molecule has 34 heavy (non-hydrogen) atoms. The number of fused-ring (bicyclic) bond motifs is 2. The van der Waals surface area contributed by atoms with Gasteiger partial charge < -0.3 is 14.4 Å². The molecule has 5 rings (SSSR count). The molecule has 2 aliphatic rings. The van der Waals surface area contributed by atoms with Crippen LogP contribution < -0.4 is 15.0 Å². The maximum absolute atomic E-state index is 13.3. The highest BCUT2D eigenvalue weighted by atomic mass is 32.1. The van der Waals surface area contributed by atoms with Crippen molar-refractivity contribution in [3.63, 3.8) is 0 Å². The molecule has 0 bridgehead atoms. The van der Waals surface area contributed by atoms with Crippen LogP contribution in [0.1, 0.15) is 47.0 Å². The van der Waals surface area contributed by atoms with Gasteiger partial charge in [0.2, 0.25) is 6.79 Å². The molecule has 2 aromatic heterocycles. The summed E-state index contributed by atoms with van der Waals surface area (Å²) in [5.41, 5.74) is 1.89. The third kappa shape index (κ3) is 4.42. The molecule has 3 aromatic rings. The first-order valence-electron chi connectivity index (χ1n) is 11.9. The van der Waals surface area contributed by atoms with Gasteiger partial charge in [-0.05, 0) is 36.6 Å². The lowest BCUT2D eigenvalue weighted by Gasteiger charge is -2.34. The Morgan fingerprint density at radius 2 is 1.91 bits per heavy atom. The molecule has 1 amide bonds. The van der Waals surface area contributed by atoms with Gasteiger partial charge in [0, 0.05) is 39.3 Å². The van der Waals surface area contributed by atoms with Crippen molar-refractivity contribution in [1.29, 1.82) is 0 Å². The molecule has 0 spiro atoms. The highest BCUT2D eigenvalue weighted by molar-refractivity contribution is 7.20. The Balaban J connectivity index is 1.25. The van der Waals surface area contributed by atoms with E-state index in [1.807, 2.05) is 24.0 Å². The number of rotatable bonds is 7. The molecule has 1 aromatic carbocycles. The molecule has 0 aliphatic carbocycles. The van der Waals surface area contributed by atoms with Gasteiger partial charge in [-0.1, -0.05) is 25.8 Å². The van der Waals surface area contributed by atoms with Crippen LogP contribution in [0.25, 0.3) is 10.2 Å². The van der Waals surface area contributed by atoms with Crippen LogP contribution in [-0.2, 0) is 13.1 Å². The summed E-state index contributed by atoms with van der Waals surface area (Å²) in [6, 6.07) is 6.05. The molecule has 9 heteroatoms. The second-order valence-corrected chi connectivity index (χ2v) is 9.94. The van der Waals surface area contributed by atoms with Gasteiger partial charge in [-0.3, -0.25) is 19.1 Å². The van der Waals surface area contributed by atoms with Gasteiger partial charge in [-0.15, -0.1) is 11.3 Å². The van der Waals surface area contributed by atoms with Crippen LogP contribution in [0.4, 0.5) is 0 Å². The summed E-state index contributed by atoms with van der Waals surface area (Å²) in [6.45, 7) is 8.68. The van der Waals surface area contributed by atoms with E-state index in [1.165, 1.54) is 16.9 Å². The van der Waals surface area contributed by atoms with E-state index in [0.29, 0.717) is 34.7 Å². The Hall–Kier alpha value is -2.91. The predicted octanol–water partition coefficient (Wildman–Crippen LogP) is 3.64. The van der Waals surface area contributed by atoms with E-state index < -0.39 is 0 Å². The van der Waals surface area contributed by atoms with E-state index in [4.69, 9.17) is 9.47 Å². The highest BCUT2D eigenvalue weighted by Gasteiger charge is 2.27. The number of unbranched alkanes of at least 4 members (excludes halogenated alkanes) is 2. The summed E-state index contributed by atoms with van der Waals surface area (Å²) in [7, 11) is 0. The van der Waals surface area contributed by atoms with E-state index >= 15 is 0 Å². The fraction of sp³-hybridized carbons (Fsp3) is 0.480. The Labute approximate surface area is 202 Å². The average Bonchev–Trinajstić information content (AvgIpc) is 3.45. The number of ether oxygens (including phenoxy) is 2. The standard InChI is InChI=1S/C25H30N4O4S/c1-3-4-5-8-29-15-26-23-21(24(29)30)17(2)22(34-23)25(31)28-11-9-27(10-12-28)14-18-6-7-19-20(13-18)33-16-32-19/h6-7,13,15H,3-5,8-12,14,16H2,1-2H3. The van der Waals surface area contributed by atoms with Crippen LogP contribution >= 0.6 is 11.3 Å². The van der Waals surface area contributed by atoms with Gasteiger partial charge in [0.15, 0.2) is 11.5 Å². The minimum Gasteiger partial charge on any atom is -0.454 e. The molecule has 4 heterocycles. The summed E-state index contributed by atoms with van der Waals surface area (Å²) >= 11 is 1.34. The van der Waals surface area contributed by atoms with E-state index in [1.54, 1.807) is 10.9 Å². The molecule has 8 nitrogen and oxygen atoms in total. The van der Waals surface area contributed by atoms with Crippen molar-refractivity contribution in [1.82, 2.24) is 19.4 Å². The van der Waals surface area contributed by atoms with Crippen LogP contribution in [0.15, 0.2) is 29.3 Å². The number of aromatic nitrogens is 2. The van der Waals surface area contributed by atoms with Gasteiger partial charge in [0.05, 0.1) is 16.6 Å². The quantitative estimate of drug-likeness (QED) is 0.479. The van der Waals surface area contributed by atoms with Crippen LogP contribution in [0.3, 0.4) is 0 Å². The predicted molar refractivity (Wildman–Crippen MR) is 132 cm³/mol. The number of piperazine rings is 1. The van der Waals surface area contributed by atoms with Gasteiger partial charge in [-0.2, -0.15) is 0 Å². The molecule has 0 N–H and O–H groups in total. The van der Waals surface area contributed by atoms with E-state index in [9.17, 15) is 9.59 Å². The first-order valence-corrected chi connectivity index (χ1v) is 12.8. The van der Waals surface area contributed by atoms with E-state index in [0.717, 1.165) is 56.0 Å². The summed E-state index contributed by atoms with van der Waals surface area (Å²) in [5, 5.41) is 0.591. The van der Waals surface area contributed by atoms with Crippen molar-refractivity contribution in [2.75, 3.05) is 33.0 Å². The van der Waals surface area contributed by atoms with E-state index in [2.05, 4.69) is 22.9 Å². The van der Waals surface area contributed by atoms with Crippen molar-refractivity contribution in [2.24, 2.45) is 0 Å². The van der Waals surface area contributed by atoms with Crippen LogP contribution in [0.2, 0.25) is 0 Å². The molecular formula is C25H30N4O4S. The van der Waals surface area contributed by atoms with Crippen molar-refractivity contribution in [3.05, 3.63) is 50.9 Å². The molecule has 180 valence electrons. The Morgan fingerprint density at radius 1 is 1.12 bits per heavy atom. The number of nitrogens with zero attached hydrogens (tertiary/aromatic N) is 4. The topological polar surface area (TPSA) is 76.9 Å². The normalized spacial score (nSPS) is 15.9. The second kappa shape index (κ2) is 9.76. The van der Waals surface area contributed by atoms with Crippen LogP contribution in [-0.4, -0.2) is 58.2 Å². The van der Waals surface area contributed by atoms with Crippen molar-refractivity contribution < 1.29 is 14.3 Å². The van der Waals surface area contributed by atoms with Crippen molar-refractivity contribution >= 4 is 27.5 Å². The molecule has 0 atom stereocenters. The molecule has 1 fully saturated rings. The Bertz CT molecular complexity index is 1260. The highest BCUT2D eigenvalue weighted by Crippen LogP contribution is 2.33. The number of benzene rings is 1. The minimum absolute atomic E-state index is 0.000150. The van der Waals surface area contributed by atoms with Gasteiger partial charge in [0.25, 0.3) is 11.5 Å². The monoisotopic (exact) mass is 482 g/mol. The Kier molecular flexibility index (Phi) is 6.56. The minimum atomic E-state index is -0.0394. The summed E-state index contributed by atoms with van der Waals surface area (Å²) in [6.07, 6.45) is 4.76. The summed E-state index contributed by atoms with van der Waals surface area (Å²) < 4.78 is 12.6. The van der Waals surface area contributed by atoms with Crippen LogP contribution in [0.5, 0.6) is 11.5 Å². The molecular weight excluding hydrogens is 452 g/mol. The molecule has 0 saturated carbocycles.